The summed E-state index contributed by atoms with van der Waals surface area (Å²) in [5, 5.41) is 0. The minimum Gasteiger partial charge on any atom is -0.394 e. The number of carbonyl (C=O) groups excluding carboxylic acids is 1. The first-order chi connectivity index (χ1) is 8.57. The van der Waals surface area contributed by atoms with E-state index in [0.717, 1.165) is 5.56 Å². The zero-order chi connectivity index (χ0) is 14.8. The van der Waals surface area contributed by atoms with E-state index in [4.69, 9.17) is 4.74 Å². The highest BCUT2D eigenvalue weighted by molar-refractivity contribution is 14.1. The molecule has 1 aromatic rings. The van der Waals surface area contributed by atoms with Gasteiger partial charge in [-0.15, -0.1) is 0 Å². The lowest BCUT2D eigenvalue weighted by atomic mass is 9.75. The fourth-order valence-electron chi connectivity index (χ4n) is 2.12. The minimum atomic E-state index is -0.697. The summed E-state index contributed by atoms with van der Waals surface area (Å²) in [5.41, 5.74) is 2.09. The maximum absolute atomic E-state index is 11.4. The molecule has 0 bridgehead atoms. The zero-order valence-electron chi connectivity index (χ0n) is 12.3. The highest BCUT2D eigenvalue weighted by atomic mass is 127. The molecule has 19 heavy (non-hydrogen) atoms. The predicted molar refractivity (Wildman–Crippen MR) is 85.0 cm³/mol. The van der Waals surface area contributed by atoms with Crippen LogP contribution in [0.5, 0.6) is 5.75 Å². The molecule has 0 aliphatic heterocycles. The van der Waals surface area contributed by atoms with Crippen molar-refractivity contribution in [1.82, 2.24) is 0 Å². The second-order valence-electron chi connectivity index (χ2n) is 6.61. The molecule has 0 heterocycles. The summed E-state index contributed by atoms with van der Waals surface area (Å²) in [6.07, 6.45) is -0.697. The van der Waals surface area contributed by atoms with Gasteiger partial charge < -0.3 is 7.80 Å². The van der Waals surface area contributed by atoms with E-state index in [2.05, 4.69) is 50.7 Å². The van der Waals surface area contributed by atoms with Crippen LogP contribution >= 0.6 is 23.0 Å². The Bertz CT molecular complexity index is 467. The minimum absolute atomic E-state index is 0.0176. The van der Waals surface area contributed by atoms with Gasteiger partial charge in [0.15, 0.2) is 23.0 Å². The lowest BCUT2D eigenvalue weighted by Crippen LogP contribution is -2.23. The molecule has 1 aromatic carbocycles. The molecule has 0 radical (unpaired) electrons. The van der Waals surface area contributed by atoms with E-state index in [1.54, 1.807) is 0 Å². The third-order valence-corrected chi connectivity index (χ3v) is 3.20. The molecule has 0 atom stereocenters. The van der Waals surface area contributed by atoms with E-state index < -0.39 is 6.16 Å². The summed E-state index contributed by atoms with van der Waals surface area (Å²) in [7, 11) is 0. The largest absolute Gasteiger partial charge is 0.523 e. The molecule has 0 amide bonds. The van der Waals surface area contributed by atoms with E-state index in [1.807, 2.05) is 12.1 Å². The first kappa shape index (κ1) is 16.3. The van der Waals surface area contributed by atoms with E-state index in [-0.39, 0.29) is 10.8 Å². The SMILES string of the molecule is CC(C)(C)c1cccc(OC(=O)OI)c1C(C)(C)C. The van der Waals surface area contributed by atoms with Crippen molar-refractivity contribution in [2.45, 2.75) is 52.4 Å². The maximum atomic E-state index is 11.4. The van der Waals surface area contributed by atoms with Gasteiger partial charge in [0.25, 0.3) is 0 Å². The number of hydrogen-bond acceptors (Lipinski definition) is 3. The first-order valence-electron chi connectivity index (χ1n) is 6.21. The second-order valence-corrected chi connectivity index (χ2v) is 7.05. The summed E-state index contributed by atoms with van der Waals surface area (Å²) in [6.45, 7) is 12.8. The molecule has 1 rings (SSSR count). The van der Waals surface area contributed by atoms with E-state index in [0.29, 0.717) is 5.75 Å². The van der Waals surface area contributed by atoms with Crippen molar-refractivity contribution in [1.29, 1.82) is 0 Å². The van der Waals surface area contributed by atoms with Crippen LogP contribution in [0.15, 0.2) is 18.2 Å². The lowest BCUT2D eigenvalue weighted by molar-refractivity contribution is 0.166. The van der Waals surface area contributed by atoms with Crippen LogP contribution in [-0.4, -0.2) is 6.16 Å². The fraction of sp³-hybridized carbons (Fsp3) is 0.533. The standard InChI is InChI=1S/C15H21IO3/c1-14(2,3)10-8-7-9-11(18-13(17)19-16)12(10)15(4,5)6/h7-9H,1-6H3. The summed E-state index contributed by atoms with van der Waals surface area (Å²) >= 11 is 1.52. The Balaban J connectivity index is 3.44. The van der Waals surface area contributed by atoms with Gasteiger partial charge in [-0.05, 0) is 22.5 Å². The number of halogens is 1. The topological polar surface area (TPSA) is 35.5 Å². The van der Waals surface area contributed by atoms with Gasteiger partial charge in [-0.2, -0.15) is 0 Å². The van der Waals surface area contributed by atoms with Crippen LogP contribution in [-0.2, 0) is 13.9 Å². The molecule has 3 nitrogen and oxygen atoms in total. The predicted octanol–water partition coefficient (Wildman–Crippen LogP) is 5.15. The Morgan fingerprint density at radius 2 is 1.63 bits per heavy atom. The van der Waals surface area contributed by atoms with Gasteiger partial charge in [0, 0.05) is 5.56 Å². The van der Waals surface area contributed by atoms with Crippen molar-refractivity contribution in [2.24, 2.45) is 0 Å². The summed E-state index contributed by atoms with van der Waals surface area (Å²) in [6, 6.07) is 5.80. The van der Waals surface area contributed by atoms with Crippen LogP contribution in [0.4, 0.5) is 4.79 Å². The summed E-state index contributed by atoms with van der Waals surface area (Å²) < 4.78 is 9.84. The lowest BCUT2D eigenvalue weighted by Gasteiger charge is -2.31. The molecule has 0 N–H and O–H groups in total. The van der Waals surface area contributed by atoms with Crippen LogP contribution in [0.25, 0.3) is 0 Å². The average molecular weight is 376 g/mol. The molecule has 0 fully saturated rings. The van der Waals surface area contributed by atoms with Gasteiger partial charge in [0.1, 0.15) is 5.75 Å². The van der Waals surface area contributed by atoms with Crippen molar-refractivity contribution in [3.63, 3.8) is 0 Å². The second kappa shape index (κ2) is 5.69. The van der Waals surface area contributed by atoms with Gasteiger partial charge in [-0.25, -0.2) is 4.79 Å². The quantitative estimate of drug-likeness (QED) is 0.387. The normalized spacial score (nSPS) is 12.2. The van der Waals surface area contributed by atoms with Gasteiger partial charge in [0.05, 0.1) is 0 Å². The van der Waals surface area contributed by atoms with Crippen LogP contribution < -0.4 is 4.74 Å². The smallest absolute Gasteiger partial charge is 0.394 e. The zero-order valence-corrected chi connectivity index (χ0v) is 14.5. The Morgan fingerprint density at radius 3 is 2.05 bits per heavy atom. The highest BCUT2D eigenvalue weighted by Crippen LogP contribution is 2.39. The van der Waals surface area contributed by atoms with Crippen molar-refractivity contribution in [3.8, 4) is 5.75 Å². The van der Waals surface area contributed by atoms with Crippen LogP contribution in [0.1, 0.15) is 52.7 Å². The molecule has 0 aromatic heterocycles. The van der Waals surface area contributed by atoms with Crippen LogP contribution in [0, 0.1) is 0 Å². The van der Waals surface area contributed by atoms with Crippen molar-refractivity contribution < 1.29 is 12.6 Å². The number of ether oxygens (including phenoxy) is 1. The first-order valence-corrected chi connectivity index (χ1v) is 7.10. The molecule has 0 spiro atoms. The average Bonchev–Trinajstić information content (AvgIpc) is 2.25. The summed E-state index contributed by atoms with van der Waals surface area (Å²) in [4.78, 5) is 11.4. The van der Waals surface area contributed by atoms with Crippen LogP contribution in [0.2, 0.25) is 0 Å². The maximum Gasteiger partial charge on any atom is 0.523 e. The molecular formula is C15H21IO3. The third kappa shape index (κ3) is 4.09. The van der Waals surface area contributed by atoms with Crippen LogP contribution in [0.3, 0.4) is 0 Å². The third-order valence-electron chi connectivity index (χ3n) is 2.84. The van der Waals surface area contributed by atoms with Crippen molar-refractivity contribution >= 4 is 29.2 Å². The van der Waals surface area contributed by atoms with Gasteiger partial charge in [-0.3, -0.25) is 0 Å². The molecule has 0 aliphatic carbocycles. The van der Waals surface area contributed by atoms with E-state index in [1.165, 1.54) is 28.6 Å². The van der Waals surface area contributed by atoms with Crippen molar-refractivity contribution in [3.05, 3.63) is 29.3 Å². The monoisotopic (exact) mass is 376 g/mol. The van der Waals surface area contributed by atoms with Gasteiger partial charge >= 0.3 is 6.16 Å². The molecule has 4 heteroatoms. The Labute approximate surface area is 129 Å². The number of carbonyl (C=O) groups is 1. The molecular weight excluding hydrogens is 355 g/mol. The number of benzene rings is 1. The Kier molecular flexibility index (Phi) is 4.87. The molecule has 0 saturated heterocycles. The molecule has 106 valence electrons. The molecule has 0 aliphatic rings. The van der Waals surface area contributed by atoms with Gasteiger partial charge in [-0.1, -0.05) is 53.7 Å². The van der Waals surface area contributed by atoms with Crippen molar-refractivity contribution in [2.75, 3.05) is 0 Å². The van der Waals surface area contributed by atoms with E-state index >= 15 is 0 Å². The Morgan fingerprint density at radius 1 is 1.05 bits per heavy atom. The molecule has 0 saturated carbocycles. The summed E-state index contributed by atoms with van der Waals surface area (Å²) in [5.74, 6) is 0.571. The number of hydrogen-bond donors (Lipinski definition) is 0. The molecule has 0 unspecified atom stereocenters. The fourth-order valence-corrected chi connectivity index (χ4v) is 2.21. The van der Waals surface area contributed by atoms with Gasteiger partial charge in [0.2, 0.25) is 0 Å². The number of rotatable bonds is 1. The highest BCUT2D eigenvalue weighted by Gasteiger charge is 2.29. The van der Waals surface area contributed by atoms with E-state index in [9.17, 15) is 4.79 Å². The Hall–Kier alpha value is -0.780.